The van der Waals surface area contributed by atoms with Gasteiger partial charge >= 0.3 is 0 Å². The lowest BCUT2D eigenvalue weighted by Crippen LogP contribution is -2.45. The zero-order valence-corrected chi connectivity index (χ0v) is 16.8. The second-order valence-electron chi connectivity index (χ2n) is 9.00. The molecule has 1 aromatic heterocycles. The summed E-state index contributed by atoms with van der Waals surface area (Å²) in [6, 6.07) is 20.2. The van der Waals surface area contributed by atoms with E-state index in [2.05, 4.69) is 70.1 Å². The molecule has 3 heteroatoms. The van der Waals surface area contributed by atoms with Gasteiger partial charge in [0.05, 0.1) is 12.1 Å². The number of aliphatic hydroxyl groups excluding tert-OH is 1. The number of piperidine rings is 1. The van der Waals surface area contributed by atoms with Gasteiger partial charge in [0.15, 0.2) is 0 Å². The maximum Gasteiger partial charge on any atom is 0.0723 e. The molecule has 2 aromatic carbocycles. The van der Waals surface area contributed by atoms with E-state index in [1.807, 2.05) is 0 Å². The Bertz CT molecular complexity index is 1080. The van der Waals surface area contributed by atoms with Crippen LogP contribution < -0.4 is 0 Å². The standard InChI is InChI=1S/C26H28N2O/c29-21-11-10-19-17-27-13-12-23-22-8-4-5-9-24(22)28(16-18-6-2-1-3-7-18)26(23)25(27)15-20(19)14-21/h1-9,14,19,21,25,29H,10-13,15-17H2/t19-,21?,25-/m0/s1. The van der Waals surface area contributed by atoms with Crippen LogP contribution in [0.15, 0.2) is 66.2 Å². The number of hydrogen-bond acceptors (Lipinski definition) is 2. The fourth-order valence-electron chi connectivity index (χ4n) is 5.98. The van der Waals surface area contributed by atoms with Crippen LogP contribution in [0.3, 0.4) is 0 Å². The van der Waals surface area contributed by atoms with E-state index in [0.717, 1.165) is 45.3 Å². The minimum atomic E-state index is -0.244. The van der Waals surface area contributed by atoms with Crippen LogP contribution in [0, 0.1) is 5.92 Å². The fraction of sp³-hybridized carbons (Fsp3) is 0.385. The third-order valence-electron chi connectivity index (χ3n) is 7.33. The van der Waals surface area contributed by atoms with E-state index in [-0.39, 0.29) is 6.10 Å². The van der Waals surface area contributed by atoms with Crippen LogP contribution in [0.25, 0.3) is 10.9 Å². The first-order valence-corrected chi connectivity index (χ1v) is 11.0. The average molecular weight is 385 g/mol. The van der Waals surface area contributed by atoms with Gasteiger partial charge < -0.3 is 9.67 Å². The summed E-state index contributed by atoms with van der Waals surface area (Å²) in [5, 5.41) is 11.6. The maximum absolute atomic E-state index is 10.2. The molecule has 3 nitrogen and oxygen atoms in total. The van der Waals surface area contributed by atoms with Crippen molar-refractivity contribution in [2.75, 3.05) is 13.1 Å². The van der Waals surface area contributed by atoms with Crippen molar-refractivity contribution in [1.82, 2.24) is 9.47 Å². The van der Waals surface area contributed by atoms with Gasteiger partial charge in [-0.25, -0.2) is 0 Å². The summed E-state index contributed by atoms with van der Waals surface area (Å²) >= 11 is 0. The predicted octanol–water partition coefficient (Wildman–Crippen LogP) is 4.69. The SMILES string of the molecule is OC1C=C2C[C@H]3c4c(c5ccccc5n4Cc4ccccc4)CCN3C[C@@H]2CC1. The second kappa shape index (κ2) is 6.86. The van der Waals surface area contributed by atoms with Crippen LogP contribution in [0.5, 0.6) is 0 Å². The molecule has 3 aliphatic rings. The van der Waals surface area contributed by atoms with E-state index in [4.69, 9.17) is 0 Å². The van der Waals surface area contributed by atoms with Crippen molar-refractivity contribution in [3.8, 4) is 0 Å². The molecule has 0 amide bonds. The minimum Gasteiger partial charge on any atom is -0.389 e. The first kappa shape index (κ1) is 17.5. The number of para-hydroxylation sites is 1. The van der Waals surface area contributed by atoms with E-state index >= 15 is 0 Å². The van der Waals surface area contributed by atoms with Crippen molar-refractivity contribution in [1.29, 1.82) is 0 Å². The third kappa shape index (κ3) is 2.87. The van der Waals surface area contributed by atoms with Gasteiger partial charge in [-0.1, -0.05) is 60.2 Å². The molecule has 2 aliphatic heterocycles. The lowest BCUT2D eigenvalue weighted by Gasteiger charge is -2.46. The van der Waals surface area contributed by atoms with Crippen LogP contribution in [-0.2, 0) is 13.0 Å². The highest BCUT2D eigenvalue weighted by Gasteiger charge is 2.39. The predicted molar refractivity (Wildman–Crippen MR) is 117 cm³/mol. The molecule has 148 valence electrons. The highest BCUT2D eigenvalue weighted by atomic mass is 16.3. The Morgan fingerprint density at radius 3 is 2.69 bits per heavy atom. The van der Waals surface area contributed by atoms with E-state index in [0.29, 0.717) is 12.0 Å². The average Bonchev–Trinajstić information content (AvgIpc) is 3.07. The van der Waals surface area contributed by atoms with Gasteiger partial charge in [0, 0.05) is 36.2 Å². The topological polar surface area (TPSA) is 28.4 Å². The quantitative estimate of drug-likeness (QED) is 0.649. The van der Waals surface area contributed by atoms with Crippen molar-refractivity contribution in [2.45, 2.75) is 44.4 Å². The molecule has 6 rings (SSSR count). The number of hydrogen-bond donors (Lipinski definition) is 1. The smallest absolute Gasteiger partial charge is 0.0723 e. The van der Waals surface area contributed by atoms with Gasteiger partial charge in [0.1, 0.15) is 0 Å². The monoisotopic (exact) mass is 384 g/mol. The Balaban J connectivity index is 1.49. The number of nitrogens with zero attached hydrogens (tertiary/aromatic N) is 2. The van der Waals surface area contributed by atoms with Gasteiger partial charge in [-0.15, -0.1) is 0 Å². The highest BCUT2D eigenvalue weighted by molar-refractivity contribution is 5.86. The zero-order chi connectivity index (χ0) is 19.4. The molecule has 0 saturated carbocycles. The zero-order valence-electron chi connectivity index (χ0n) is 16.8. The Kier molecular flexibility index (Phi) is 4.14. The van der Waals surface area contributed by atoms with E-state index in [9.17, 15) is 5.11 Å². The summed E-state index contributed by atoms with van der Waals surface area (Å²) in [6.07, 6.45) is 6.19. The summed E-state index contributed by atoms with van der Waals surface area (Å²) in [5.74, 6) is 0.642. The van der Waals surface area contributed by atoms with Gasteiger partial charge in [0.25, 0.3) is 0 Å². The van der Waals surface area contributed by atoms with Gasteiger partial charge in [-0.05, 0) is 48.8 Å². The lowest BCUT2D eigenvalue weighted by atomic mass is 9.77. The van der Waals surface area contributed by atoms with Gasteiger partial charge in [0.2, 0.25) is 0 Å². The Labute approximate surface area is 172 Å². The summed E-state index contributed by atoms with van der Waals surface area (Å²) in [5.41, 5.74) is 7.28. The summed E-state index contributed by atoms with van der Waals surface area (Å²) in [6.45, 7) is 3.23. The van der Waals surface area contributed by atoms with Crippen molar-refractivity contribution >= 4 is 10.9 Å². The molecular formula is C26H28N2O. The lowest BCUT2D eigenvalue weighted by molar-refractivity contribution is 0.104. The molecule has 3 aromatic rings. The van der Waals surface area contributed by atoms with Crippen molar-refractivity contribution in [2.24, 2.45) is 5.92 Å². The first-order valence-electron chi connectivity index (χ1n) is 11.0. The normalized spacial score (nSPS) is 26.5. The van der Waals surface area contributed by atoms with Crippen LogP contribution >= 0.6 is 0 Å². The number of benzene rings is 2. The fourth-order valence-corrected chi connectivity index (χ4v) is 5.98. The van der Waals surface area contributed by atoms with Crippen LogP contribution in [-0.4, -0.2) is 33.8 Å². The molecule has 1 N–H and O–H groups in total. The van der Waals surface area contributed by atoms with E-state index in [1.54, 1.807) is 5.56 Å². The number of aliphatic hydroxyl groups is 1. The molecule has 0 spiro atoms. The molecule has 0 radical (unpaired) electrons. The Morgan fingerprint density at radius 2 is 1.79 bits per heavy atom. The van der Waals surface area contributed by atoms with Crippen molar-refractivity contribution < 1.29 is 5.11 Å². The molecule has 1 saturated heterocycles. The summed E-state index contributed by atoms with van der Waals surface area (Å²) < 4.78 is 2.58. The molecule has 0 bridgehead atoms. The molecular weight excluding hydrogens is 356 g/mol. The highest BCUT2D eigenvalue weighted by Crippen LogP contribution is 2.46. The number of rotatable bonds is 2. The van der Waals surface area contributed by atoms with Gasteiger partial charge in [-0.3, -0.25) is 4.90 Å². The minimum absolute atomic E-state index is 0.244. The van der Waals surface area contributed by atoms with Crippen LogP contribution in [0.1, 0.15) is 42.1 Å². The largest absolute Gasteiger partial charge is 0.389 e. The molecule has 3 heterocycles. The van der Waals surface area contributed by atoms with E-state index < -0.39 is 0 Å². The Hall–Kier alpha value is -2.36. The summed E-state index contributed by atoms with van der Waals surface area (Å²) in [7, 11) is 0. The molecule has 1 unspecified atom stereocenters. The number of fused-ring (bicyclic) bond motifs is 6. The van der Waals surface area contributed by atoms with Crippen molar-refractivity contribution in [3.63, 3.8) is 0 Å². The molecule has 1 fully saturated rings. The second-order valence-corrected chi connectivity index (χ2v) is 9.00. The van der Waals surface area contributed by atoms with Gasteiger partial charge in [-0.2, -0.15) is 0 Å². The Morgan fingerprint density at radius 1 is 0.966 bits per heavy atom. The van der Waals surface area contributed by atoms with Crippen molar-refractivity contribution in [3.05, 3.63) is 83.1 Å². The first-order chi connectivity index (χ1) is 14.3. The molecule has 29 heavy (non-hydrogen) atoms. The maximum atomic E-state index is 10.2. The number of aromatic nitrogens is 1. The van der Waals surface area contributed by atoms with E-state index in [1.165, 1.54) is 27.7 Å². The molecule has 3 atom stereocenters. The van der Waals surface area contributed by atoms with Crippen LogP contribution in [0.4, 0.5) is 0 Å². The summed E-state index contributed by atoms with van der Waals surface area (Å²) in [4.78, 5) is 2.72. The third-order valence-corrected chi connectivity index (χ3v) is 7.33. The molecule has 1 aliphatic carbocycles. The van der Waals surface area contributed by atoms with Crippen LogP contribution in [0.2, 0.25) is 0 Å².